The van der Waals surface area contributed by atoms with Crippen molar-refractivity contribution in [2.75, 3.05) is 0 Å². The molecule has 0 aliphatic carbocycles. The largest absolute Gasteiger partial charge is 0.323 e. The summed E-state index contributed by atoms with van der Waals surface area (Å²) in [7, 11) is 0. The Morgan fingerprint density at radius 1 is 1.57 bits per heavy atom. The average Bonchev–Trinajstić information content (AvgIpc) is 2.10. The molecule has 76 valence electrons. The van der Waals surface area contributed by atoms with Gasteiger partial charge in [-0.1, -0.05) is 12.1 Å². The summed E-state index contributed by atoms with van der Waals surface area (Å²) in [5, 5.41) is 8.42. The lowest BCUT2D eigenvalue weighted by atomic mass is 10.0. The Kier molecular flexibility index (Phi) is 5.14. The third-order valence-electron chi connectivity index (χ3n) is 1.92. The van der Waals surface area contributed by atoms with Crippen molar-refractivity contribution in [3.63, 3.8) is 0 Å². The van der Waals surface area contributed by atoms with Crippen LogP contribution in [0.1, 0.15) is 23.6 Å². The molecule has 1 aromatic rings. The molecule has 2 nitrogen and oxygen atoms in total. The molecule has 0 unspecified atom stereocenters. The van der Waals surface area contributed by atoms with Crippen molar-refractivity contribution in [2.24, 2.45) is 5.73 Å². The zero-order valence-electron chi connectivity index (χ0n) is 7.83. The number of hydrogen-bond acceptors (Lipinski definition) is 2. The lowest BCUT2D eigenvalue weighted by molar-refractivity contribution is 0.615. The van der Waals surface area contributed by atoms with E-state index in [1.165, 1.54) is 6.07 Å². The summed E-state index contributed by atoms with van der Waals surface area (Å²) in [6.45, 7) is 1.68. The summed E-state index contributed by atoms with van der Waals surface area (Å²) in [6.07, 6.45) is 0.255. The molecule has 0 bridgehead atoms. The fourth-order valence-electron chi connectivity index (χ4n) is 1.11. The molecule has 0 radical (unpaired) electrons. The monoisotopic (exact) mass is 214 g/mol. The SMILES string of the molecule is Cc1cc([C@H](N)CC#N)ccc1F.Cl. The highest BCUT2D eigenvalue weighted by molar-refractivity contribution is 5.85. The standard InChI is InChI=1S/C10H11FN2.ClH/c1-7-6-8(2-3-9(7)11)10(13)4-5-12;/h2-3,6,10H,4,13H2,1H3;1H/t10-;/m1./s1. The van der Waals surface area contributed by atoms with Gasteiger partial charge in [-0.15, -0.1) is 12.4 Å². The second-order valence-corrected chi connectivity index (χ2v) is 2.98. The van der Waals surface area contributed by atoms with Crippen LogP contribution in [0.3, 0.4) is 0 Å². The maximum absolute atomic E-state index is 12.8. The molecule has 1 atom stereocenters. The summed E-state index contributed by atoms with van der Waals surface area (Å²) in [4.78, 5) is 0. The van der Waals surface area contributed by atoms with Gasteiger partial charge in [-0.05, 0) is 24.1 Å². The smallest absolute Gasteiger partial charge is 0.126 e. The zero-order valence-corrected chi connectivity index (χ0v) is 8.64. The van der Waals surface area contributed by atoms with E-state index in [1.807, 2.05) is 6.07 Å². The number of benzene rings is 1. The predicted octanol–water partition coefficient (Wildman–Crippen LogP) is 2.47. The van der Waals surface area contributed by atoms with E-state index in [0.29, 0.717) is 5.56 Å². The average molecular weight is 215 g/mol. The molecule has 4 heteroatoms. The van der Waals surface area contributed by atoms with Crippen molar-refractivity contribution in [3.8, 4) is 6.07 Å². The summed E-state index contributed by atoms with van der Waals surface area (Å²) in [6, 6.07) is 6.34. The van der Waals surface area contributed by atoms with Crippen molar-refractivity contribution < 1.29 is 4.39 Å². The molecular weight excluding hydrogens is 203 g/mol. The van der Waals surface area contributed by atoms with Gasteiger partial charge in [0.1, 0.15) is 5.82 Å². The summed E-state index contributed by atoms with van der Waals surface area (Å²) in [5.74, 6) is -0.243. The van der Waals surface area contributed by atoms with Crippen LogP contribution in [0, 0.1) is 24.1 Å². The van der Waals surface area contributed by atoms with Gasteiger partial charge in [0.25, 0.3) is 0 Å². The molecule has 1 aromatic carbocycles. The van der Waals surface area contributed by atoms with Crippen LogP contribution < -0.4 is 5.73 Å². The van der Waals surface area contributed by atoms with E-state index in [2.05, 4.69) is 0 Å². The number of hydrogen-bond donors (Lipinski definition) is 1. The third-order valence-corrected chi connectivity index (χ3v) is 1.92. The Morgan fingerprint density at radius 3 is 2.71 bits per heavy atom. The predicted molar refractivity (Wildman–Crippen MR) is 55.5 cm³/mol. The van der Waals surface area contributed by atoms with Gasteiger partial charge < -0.3 is 5.73 Å². The Morgan fingerprint density at radius 2 is 2.21 bits per heavy atom. The summed E-state index contributed by atoms with van der Waals surface area (Å²) in [5.41, 5.74) is 7.05. The maximum atomic E-state index is 12.8. The van der Waals surface area contributed by atoms with Crippen LogP contribution in [0.15, 0.2) is 18.2 Å². The fourth-order valence-corrected chi connectivity index (χ4v) is 1.11. The van der Waals surface area contributed by atoms with Crippen molar-refractivity contribution >= 4 is 12.4 Å². The third kappa shape index (κ3) is 2.99. The van der Waals surface area contributed by atoms with Gasteiger partial charge in [0.2, 0.25) is 0 Å². The molecule has 0 saturated carbocycles. The first kappa shape index (κ1) is 12.9. The lowest BCUT2D eigenvalue weighted by Crippen LogP contribution is -2.09. The molecule has 0 aromatic heterocycles. The molecule has 0 saturated heterocycles. The first-order valence-corrected chi connectivity index (χ1v) is 4.03. The summed E-state index contributed by atoms with van der Waals surface area (Å²) < 4.78 is 12.8. The number of nitrogens with zero attached hydrogens (tertiary/aromatic N) is 1. The normalized spacial score (nSPS) is 11.3. The summed E-state index contributed by atoms with van der Waals surface area (Å²) >= 11 is 0. The number of aryl methyl sites for hydroxylation is 1. The Balaban J connectivity index is 0.00000169. The molecular formula is C10H12ClFN2. The Labute approximate surface area is 88.9 Å². The van der Waals surface area contributed by atoms with Crippen molar-refractivity contribution in [2.45, 2.75) is 19.4 Å². The highest BCUT2D eigenvalue weighted by Crippen LogP contribution is 2.16. The van der Waals surface area contributed by atoms with Crippen LogP contribution in [0.25, 0.3) is 0 Å². The quantitative estimate of drug-likeness (QED) is 0.822. The van der Waals surface area contributed by atoms with E-state index in [0.717, 1.165) is 5.56 Å². The van der Waals surface area contributed by atoms with Crippen LogP contribution in [-0.4, -0.2) is 0 Å². The molecule has 14 heavy (non-hydrogen) atoms. The number of nitriles is 1. The van der Waals surface area contributed by atoms with E-state index >= 15 is 0 Å². The minimum Gasteiger partial charge on any atom is -0.323 e. The van der Waals surface area contributed by atoms with Crippen LogP contribution in [-0.2, 0) is 0 Å². The molecule has 2 N–H and O–H groups in total. The van der Waals surface area contributed by atoms with E-state index in [4.69, 9.17) is 11.0 Å². The minimum atomic E-state index is -0.315. The van der Waals surface area contributed by atoms with Gasteiger partial charge in [-0.2, -0.15) is 5.26 Å². The maximum Gasteiger partial charge on any atom is 0.126 e. The van der Waals surface area contributed by atoms with E-state index in [-0.39, 0.29) is 30.7 Å². The molecule has 0 amide bonds. The molecule has 0 spiro atoms. The first-order valence-electron chi connectivity index (χ1n) is 4.03. The highest BCUT2D eigenvalue weighted by atomic mass is 35.5. The topological polar surface area (TPSA) is 49.8 Å². The molecule has 0 heterocycles. The van der Waals surface area contributed by atoms with Gasteiger partial charge in [0.15, 0.2) is 0 Å². The van der Waals surface area contributed by atoms with Crippen molar-refractivity contribution in [3.05, 3.63) is 35.1 Å². The zero-order chi connectivity index (χ0) is 9.84. The van der Waals surface area contributed by atoms with Crippen LogP contribution in [0.2, 0.25) is 0 Å². The molecule has 0 aliphatic rings. The van der Waals surface area contributed by atoms with Gasteiger partial charge >= 0.3 is 0 Å². The van der Waals surface area contributed by atoms with Crippen LogP contribution in [0.5, 0.6) is 0 Å². The second kappa shape index (κ2) is 5.58. The van der Waals surface area contributed by atoms with E-state index in [9.17, 15) is 4.39 Å². The molecule has 1 rings (SSSR count). The fraction of sp³-hybridized carbons (Fsp3) is 0.300. The molecule has 0 aliphatic heterocycles. The van der Waals surface area contributed by atoms with E-state index < -0.39 is 0 Å². The number of nitrogens with two attached hydrogens (primary N) is 1. The number of rotatable bonds is 2. The Hall–Kier alpha value is -1.11. The van der Waals surface area contributed by atoms with Crippen molar-refractivity contribution in [1.82, 2.24) is 0 Å². The second-order valence-electron chi connectivity index (χ2n) is 2.98. The van der Waals surface area contributed by atoms with Crippen LogP contribution >= 0.6 is 12.4 Å². The van der Waals surface area contributed by atoms with Gasteiger partial charge in [-0.3, -0.25) is 0 Å². The lowest BCUT2D eigenvalue weighted by Gasteiger charge is -2.08. The van der Waals surface area contributed by atoms with Crippen LogP contribution in [0.4, 0.5) is 4.39 Å². The highest BCUT2D eigenvalue weighted by Gasteiger charge is 2.06. The minimum absolute atomic E-state index is 0. The van der Waals surface area contributed by atoms with E-state index in [1.54, 1.807) is 19.1 Å². The first-order chi connectivity index (χ1) is 6.15. The molecule has 0 fully saturated rings. The van der Waals surface area contributed by atoms with Gasteiger partial charge in [0.05, 0.1) is 12.5 Å². The van der Waals surface area contributed by atoms with Gasteiger partial charge in [0, 0.05) is 6.04 Å². The van der Waals surface area contributed by atoms with Crippen molar-refractivity contribution in [1.29, 1.82) is 5.26 Å². The number of halogens is 2. The van der Waals surface area contributed by atoms with Gasteiger partial charge in [-0.25, -0.2) is 4.39 Å². The Bertz CT molecular complexity index is 346.